The molecule has 4 aromatic heterocycles. The fraction of sp³-hybridized carbons (Fsp3) is 0.254. The maximum absolute atomic E-state index is 14.0. The number of aromatic nitrogens is 4. The maximum Gasteiger partial charge on any atom is 0.534 e. The third kappa shape index (κ3) is 15.1. The van der Waals surface area contributed by atoms with Crippen LogP contribution in [0.5, 0.6) is 5.75 Å². The van der Waals surface area contributed by atoms with Crippen LogP contribution in [0, 0.1) is 17.5 Å². The Morgan fingerprint density at radius 2 is 1.18 bits per heavy atom. The second-order valence-corrected chi connectivity index (χ2v) is 35.9. The number of fused-ring (bicyclic) bond motifs is 4. The number of nitrogens with zero attached hydrogens (tertiary/aromatic N) is 3. The first-order valence-electron chi connectivity index (χ1n) is 25.5. The molecule has 6 aromatic carbocycles. The first-order chi connectivity index (χ1) is 37.6. The van der Waals surface area contributed by atoms with Crippen LogP contribution in [0.25, 0.3) is 65.3 Å². The van der Waals surface area contributed by atoms with Crippen LogP contribution < -0.4 is 13.3 Å². The van der Waals surface area contributed by atoms with E-state index in [1.807, 2.05) is 53.5 Å². The van der Waals surface area contributed by atoms with Gasteiger partial charge in [0.25, 0.3) is 5.56 Å². The summed E-state index contributed by atoms with van der Waals surface area (Å²) in [7, 11) is -1.55. The summed E-state index contributed by atoms with van der Waals surface area (Å²) < 4.78 is 112. The molecule has 0 saturated heterocycles. The molecule has 0 saturated carbocycles. The van der Waals surface area contributed by atoms with Crippen LogP contribution in [0.3, 0.4) is 0 Å². The Hall–Kier alpha value is -5.50. The molecule has 8 nitrogen and oxygen atoms in total. The minimum atomic E-state index is -5.63. The fourth-order valence-corrected chi connectivity index (χ4v) is 28.2. The molecule has 10 aromatic rings. The number of aryl methyl sites for hydroxylation is 2. The van der Waals surface area contributed by atoms with Gasteiger partial charge in [0.15, 0.2) is 0 Å². The number of benzene rings is 6. The van der Waals surface area contributed by atoms with Gasteiger partial charge in [-0.05, 0) is 84.4 Å². The van der Waals surface area contributed by atoms with E-state index < -0.39 is 39.8 Å². The van der Waals surface area contributed by atoms with Crippen LogP contribution in [0.4, 0.5) is 26.3 Å². The van der Waals surface area contributed by atoms with E-state index in [0.29, 0.717) is 32.3 Å². The van der Waals surface area contributed by atoms with Gasteiger partial charge < -0.3 is 13.7 Å². The molecular formula is C59H57Cl3F6N4O4S2Sn. The van der Waals surface area contributed by atoms with Gasteiger partial charge in [0, 0.05) is 71.9 Å². The molecule has 79 heavy (non-hydrogen) atoms. The van der Waals surface area contributed by atoms with Crippen LogP contribution >= 0.6 is 46.1 Å². The Balaban J connectivity index is 0.000000155. The smallest absolute Gasteiger partial charge is 0.376 e. The van der Waals surface area contributed by atoms with Crippen molar-refractivity contribution in [1.29, 1.82) is 0 Å². The minimum Gasteiger partial charge on any atom is -0.376 e. The van der Waals surface area contributed by atoms with E-state index in [-0.39, 0.29) is 28.0 Å². The van der Waals surface area contributed by atoms with Crippen LogP contribution in [-0.4, -0.2) is 51.4 Å². The van der Waals surface area contributed by atoms with Gasteiger partial charge in [0.1, 0.15) is 23.2 Å². The van der Waals surface area contributed by atoms with Gasteiger partial charge >= 0.3 is 167 Å². The second kappa shape index (κ2) is 26.8. The number of hydrogen-bond acceptors (Lipinski definition) is 6. The molecular weight excluding hydrogens is 1230 g/mol. The largest absolute Gasteiger partial charge is 0.534 e. The van der Waals surface area contributed by atoms with Gasteiger partial charge in [-0.15, -0.1) is 11.3 Å². The Morgan fingerprint density at radius 1 is 0.633 bits per heavy atom. The molecule has 0 aliphatic rings. The summed E-state index contributed by atoms with van der Waals surface area (Å²) in [6.45, 7) is 6.91. The molecule has 1 N–H and O–H groups in total. The van der Waals surface area contributed by atoms with Crippen molar-refractivity contribution < 1.29 is 38.9 Å². The number of rotatable bonds is 14. The number of H-pyrrole nitrogens is 1. The van der Waals surface area contributed by atoms with E-state index in [9.17, 15) is 39.6 Å². The molecule has 10 rings (SSSR count). The summed E-state index contributed by atoms with van der Waals surface area (Å²) in [6, 6.07) is 32.0. The first-order valence-corrected chi connectivity index (χ1v) is 36.4. The van der Waals surface area contributed by atoms with E-state index in [2.05, 4.69) is 52.7 Å². The number of thiophene rings is 1. The molecule has 0 aliphatic heterocycles. The molecule has 0 atom stereocenters. The summed E-state index contributed by atoms with van der Waals surface area (Å²) in [4.78, 5) is 19.4. The molecule has 416 valence electrons. The van der Waals surface area contributed by atoms with Crippen molar-refractivity contribution in [2.24, 2.45) is 14.1 Å². The van der Waals surface area contributed by atoms with E-state index in [4.69, 9.17) is 34.8 Å². The molecule has 0 bridgehead atoms. The average Bonchev–Trinajstić information content (AvgIpc) is 4.17. The van der Waals surface area contributed by atoms with E-state index >= 15 is 0 Å². The van der Waals surface area contributed by atoms with Gasteiger partial charge in [-0.25, -0.2) is 13.8 Å². The zero-order valence-electron chi connectivity index (χ0n) is 43.8. The van der Waals surface area contributed by atoms with Crippen molar-refractivity contribution in [3.8, 4) is 28.3 Å². The van der Waals surface area contributed by atoms with Crippen LogP contribution in [0.1, 0.15) is 59.3 Å². The Kier molecular flexibility index (Phi) is 20.8. The number of nitrogens with one attached hydrogen (secondary N) is 1. The van der Waals surface area contributed by atoms with Gasteiger partial charge in [0.2, 0.25) is 0 Å². The zero-order chi connectivity index (χ0) is 57.2. The van der Waals surface area contributed by atoms with Crippen LogP contribution in [0.15, 0.2) is 144 Å². The van der Waals surface area contributed by atoms with Gasteiger partial charge in [-0.3, -0.25) is 4.79 Å². The zero-order valence-corrected chi connectivity index (χ0v) is 50.6. The molecule has 20 heteroatoms. The number of hydrogen-bond donors (Lipinski definition) is 1. The third-order valence-electron chi connectivity index (χ3n) is 13.4. The number of unbranched alkanes of at least 4 members (excludes halogenated alkanes) is 3. The predicted molar refractivity (Wildman–Crippen MR) is 316 cm³/mol. The Morgan fingerprint density at radius 3 is 1.77 bits per heavy atom. The Bertz CT molecular complexity index is 3900. The van der Waals surface area contributed by atoms with Crippen LogP contribution in [0.2, 0.25) is 28.4 Å². The summed E-state index contributed by atoms with van der Waals surface area (Å²) in [6.07, 6.45) is 12.2. The summed E-state index contributed by atoms with van der Waals surface area (Å²) in [5.41, 5.74) is -0.239. The molecule has 0 radical (unpaired) electrons. The predicted octanol–water partition coefficient (Wildman–Crippen LogP) is 18.2. The van der Waals surface area contributed by atoms with Crippen molar-refractivity contribution in [2.45, 2.75) is 78.1 Å². The molecule has 0 unspecified atom stereocenters. The third-order valence-corrected chi connectivity index (χ3v) is 31.6. The van der Waals surface area contributed by atoms with Crippen molar-refractivity contribution in [3.63, 3.8) is 0 Å². The summed E-state index contributed by atoms with van der Waals surface area (Å²) in [5, 5.41) is 6.39. The van der Waals surface area contributed by atoms with E-state index in [0.717, 1.165) is 44.2 Å². The molecule has 0 amide bonds. The quantitative estimate of drug-likeness (QED) is 0.0506. The van der Waals surface area contributed by atoms with Crippen LogP contribution in [-0.2, 0) is 24.2 Å². The monoisotopic (exact) mass is 1290 g/mol. The number of aromatic amines is 1. The second-order valence-electron chi connectivity index (χ2n) is 19.0. The van der Waals surface area contributed by atoms with Crippen molar-refractivity contribution in [2.75, 3.05) is 0 Å². The normalized spacial score (nSPS) is 11.8. The first kappa shape index (κ1) is 61.1. The Labute approximate surface area is 477 Å². The van der Waals surface area contributed by atoms with Crippen molar-refractivity contribution in [3.05, 3.63) is 182 Å². The number of halogens is 9. The van der Waals surface area contributed by atoms with Crippen molar-refractivity contribution in [1.82, 2.24) is 19.1 Å². The SMILES string of the molecule is CCC[CH2][Sn]([CH2]CCC)([CH2]CCC)[c]1cn(C)c2ccc(F)cc12.Cn1cc(-c2cccc(Cl)c2)c2cc(F)ccc21.O=S(=O)(Oc1cccc(Cl)c1)C(F)(F)F.O=c1[nH]c(-c2csc3ccc(F)cc23)nc2ccc(Cl)cc12. The van der Waals surface area contributed by atoms with E-state index in [1.54, 1.807) is 52.1 Å². The van der Waals surface area contributed by atoms with E-state index in [1.165, 1.54) is 104 Å². The van der Waals surface area contributed by atoms with Crippen molar-refractivity contribution >= 4 is 121 Å². The summed E-state index contributed by atoms with van der Waals surface area (Å²) in [5.74, 6) is -0.688. The molecule has 0 spiro atoms. The van der Waals surface area contributed by atoms with Gasteiger partial charge in [-0.2, -0.15) is 21.6 Å². The molecule has 4 heterocycles. The standard InChI is InChI=1S/C16H8ClFN2OS.C15H11ClFN.C9H7FN.C7H4ClF3O3S.3C4H9.Sn/c17-8-1-3-13-11(5-8)16(21)20-15(19-13)12-7-22-14-4-2-9(18)6-10(12)14;1-18-9-14(10-3-2-4-11(16)7-10)13-8-12(17)5-6-15(13)18;1-11-5-4-7-6-8(10)2-3-9(7)11;8-5-2-1-3-6(4-5)14-15(12,13)7(9,10)11;3*1-3-4-2;/h1-7H,(H,19,20,21);2-9H,1H3;2-3,5-6H,1H3;1-4H;3*1,3-4H2,2H3;. The maximum atomic E-state index is 14.0. The topological polar surface area (TPSA) is 99.0 Å². The molecule has 0 aliphatic carbocycles. The minimum absolute atomic E-state index is 0.0740. The average molecular weight is 1290 g/mol. The fourth-order valence-electron chi connectivity index (χ4n) is 9.48. The van der Waals surface area contributed by atoms with Gasteiger partial charge in [-0.1, -0.05) is 53.0 Å². The summed E-state index contributed by atoms with van der Waals surface area (Å²) >= 11 is 16.3. The van der Waals surface area contributed by atoms with Gasteiger partial charge in [0.05, 0.1) is 10.9 Å². The molecule has 0 fully saturated rings. The number of alkyl halides is 3.